The molecule has 3 aromatic rings. The number of nitrogens with one attached hydrogen (secondary N) is 1. The molecule has 0 saturated heterocycles. The molecule has 10 nitrogen and oxygen atoms in total. The zero-order valence-electron chi connectivity index (χ0n) is 15.8. The normalized spacial score (nSPS) is 12.5. The number of carbonyl (C=O) groups excluding carboxylic acids is 2. The molecule has 3 N–H and O–H groups in total. The van der Waals surface area contributed by atoms with Gasteiger partial charge in [-0.3, -0.25) is 23.7 Å². The highest BCUT2D eigenvalue weighted by atomic mass is 16.2. The van der Waals surface area contributed by atoms with E-state index in [1.54, 1.807) is 0 Å². The standard InChI is InChI=1S/C20H18N6O4/c21-17(28)13-6-8-14(9-7-13)22-16(27)12-26-19(30)18(29)25-11-10-24(20(25)23-26)15-4-2-1-3-5-15/h1-9H,10-12H2,(H2,21,28)(H,22,27). The Morgan fingerprint density at radius 2 is 1.67 bits per heavy atom. The fourth-order valence-corrected chi connectivity index (χ4v) is 3.24. The molecular formula is C20H18N6O4. The summed E-state index contributed by atoms with van der Waals surface area (Å²) in [7, 11) is 0. The molecule has 2 aromatic carbocycles. The lowest BCUT2D eigenvalue weighted by atomic mass is 10.2. The second kappa shape index (κ2) is 7.66. The van der Waals surface area contributed by atoms with Crippen LogP contribution in [0, 0.1) is 0 Å². The number of carbonyl (C=O) groups is 2. The van der Waals surface area contributed by atoms with Crippen molar-refractivity contribution in [1.82, 2.24) is 14.3 Å². The van der Waals surface area contributed by atoms with Crippen LogP contribution in [0.25, 0.3) is 0 Å². The Balaban J connectivity index is 1.58. The van der Waals surface area contributed by atoms with Crippen molar-refractivity contribution >= 4 is 29.1 Å². The fourth-order valence-electron chi connectivity index (χ4n) is 3.24. The SMILES string of the molecule is NC(=O)c1ccc(NC(=O)Cn2nc3n(c(=O)c2=O)CCN3c2ccccc2)cc1. The number of hydrogen-bond acceptors (Lipinski definition) is 6. The first-order valence-electron chi connectivity index (χ1n) is 9.18. The third kappa shape index (κ3) is 3.58. The second-order valence-electron chi connectivity index (χ2n) is 6.70. The Bertz CT molecular complexity index is 1230. The topological polar surface area (TPSA) is 132 Å². The molecule has 0 unspecified atom stereocenters. The summed E-state index contributed by atoms with van der Waals surface area (Å²) in [4.78, 5) is 50.2. The van der Waals surface area contributed by atoms with E-state index in [4.69, 9.17) is 5.73 Å². The van der Waals surface area contributed by atoms with Gasteiger partial charge in [-0.15, -0.1) is 5.10 Å². The van der Waals surface area contributed by atoms with Gasteiger partial charge < -0.3 is 16.0 Å². The minimum absolute atomic E-state index is 0.304. The first-order valence-corrected chi connectivity index (χ1v) is 9.18. The summed E-state index contributed by atoms with van der Waals surface area (Å²) in [6, 6.07) is 15.3. The van der Waals surface area contributed by atoms with Gasteiger partial charge in [0.15, 0.2) is 0 Å². The lowest BCUT2D eigenvalue weighted by Gasteiger charge is -2.17. The molecule has 152 valence electrons. The molecule has 10 heteroatoms. The van der Waals surface area contributed by atoms with Crippen LogP contribution in [0.3, 0.4) is 0 Å². The van der Waals surface area contributed by atoms with Gasteiger partial charge in [-0.05, 0) is 36.4 Å². The lowest BCUT2D eigenvalue weighted by molar-refractivity contribution is -0.117. The third-order valence-electron chi connectivity index (χ3n) is 4.72. The molecular weight excluding hydrogens is 388 g/mol. The maximum absolute atomic E-state index is 12.5. The van der Waals surface area contributed by atoms with Gasteiger partial charge in [0.05, 0.1) is 0 Å². The van der Waals surface area contributed by atoms with Gasteiger partial charge in [-0.2, -0.15) is 0 Å². The van der Waals surface area contributed by atoms with Gasteiger partial charge >= 0.3 is 11.1 Å². The molecule has 1 aromatic heterocycles. The van der Waals surface area contributed by atoms with E-state index in [9.17, 15) is 19.2 Å². The predicted octanol–water partition coefficient (Wildman–Crippen LogP) is 0.294. The third-order valence-corrected chi connectivity index (χ3v) is 4.72. The number of primary amides is 1. The zero-order valence-corrected chi connectivity index (χ0v) is 15.8. The molecule has 0 saturated carbocycles. The van der Waals surface area contributed by atoms with Crippen LogP contribution in [0.1, 0.15) is 10.4 Å². The Morgan fingerprint density at radius 3 is 2.33 bits per heavy atom. The highest BCUT2D eigenvalue weighted by Crippen LogP contribution is 2.25. The second-order valence-corrected chi connectivity index (χ2v) is 6.70. The summed E-state index contributed by atoms with van der Waals surface area (Å²) in [5, 5.41) is 6.86. The van der Waals surface area contributed by atoms with Gasteiger partial charge in [0.1, 0.15) is 6.54 Å². The quantitative estimate of drug-likeness (QED) is 0.586. The van der Waals surface area contributed by atoms with E-state index in [2.05, 4.69) is 10.4 Å². The number of nitrogens with zero attached hydrogens (tertiary/aromatic N) is 4. The maximum atomic E-state index is 12.5. The van der Waals surface area contributed by atoms with Crippen molar-refractivity contribution in [2.24, 2.45) is 5.73 Å². The Hall–Kier alpha value is -4.21. The van der Waals surface area contributed by atoms with E-state index in [1.807, 2.05) is 35.2 Å². The molecule has 0 bridgehead atoms. The summed E-state index contributed by atoms with van der Waals surface area (Å²) in [5.41, 5.74) is 5.15. The van der Waals surface area contributed by atoms with Crippen molar-refractivity contribution in [3.8, 4) is 0 Å². The van der Waals surface area contributed by atoms with Crippen molar-refractivity contribution in [3.05, 3.63) is 80.9 Å². The van der Waals surface area contributed by atoms with Crippen molar-refractivity contribution in [3.63, 3.8) is 0 Å². The summed E-state index contributed by atoms with van der Waals surface area (Å²) in [5.74, 6) is -0.806. The van der Waals surface area contributed by atoms with Gasteiger partial charge in [0, 0.05) is 30.0 Å². The van der Waals surface area contributed by atoms with E-state index in [1.165, 1.54) is 28.8 Å². The summed E-state index contributed by atoms with van der Waals surface area (Å²) in [6.45, 7) is 0.404. The predicted molar refractivity (Wildman–Crippen MR) is 110 cm³/mol. The van der Waals surface area contributed by atoms with Gasteiger partial charge in [-0.25, -0.2) is 4.68 Å². The van der Waals surface area contributed by atoms with E-state index in [0.717, 1.165) is 10.4 Å². The maximum Gasteiger partial charge on any atom is 0.333 e. The molecule has 0 spiro atoms. The molecule has 1 aliphatic heterocycles. The van der Waals surface area contributed by atoms with Gasteiger partial charge in [-0.1, -0.05) is 18.2 Å². The van der Waals surface area contributed by atoms with Crippen LogP contribution in [-0.2, 0) is 17.9 Å². The van der Waals surface area contributed by atoms with Crippen molar-refractivity contribution in [1.29, 1.82) is 0 Å². The van der Waals surface area contributed by atoms with Crippen LogP contribution < -0.4 is 27.1 Å². The minimum atomic E-state index is -0.868. The van der Waals surface area contributed by atoms with Crippen LogP contribution in [0.15, 0.2) is 64.2 Å². The van der Waals surface area contributed by atoms with Crippen LogP contribution in [0.2, 0.25) is 0 Å². The number of anilines is 3. The minimum Gasteiger partial charge on any atom is -0.366 e. The molecule has 0 radical (unpaired) electrons. The van der Waals surface area contributed by atoms with Crippen molar-refractivity contribution in [2.45, 2.75) is 13.1 Å². The van der Waals surface area contributed by atoms with Crippen molar-refractivity contribution in [2.75, 3.05) is 16.8 Å². The summed E-state index contributed by atoms with van der Waals surface area (Å²) in [6.07, 6.45) is 0. The summed E-state index contributed by atoms with van der Waals surface area (Å²) >= 11 is 0. The van der Waals surface area contributed by atoms with Crippen LogP contribution in [-0.4, -0.2) is 32.7 Å². The van der Waals surface area contributed by atoms with Crippen LogP contribution in [0.4, 0.5) is 17.3 Å². The van der Waals surface area contributed by atoms with Crippen molar-refractivity contribution < 1.29 is 9.59 Å². The Kier molecular flexibility index (Phi) is 4.88. The van der Waals surface area contributed by atoms with Gasteiger partial charge in [0.25, 0.3) is 0 Å². The molecule has 0 fully saturated rings. The molecule has 2 amide bonds. The number of fused-ring (bicyclic) bond motifs is 1. The number of para-hydroxylation sites is 1. The highest BCUT2D eigenvalue weighted by molar-refractivity contribution is 5.94. The van der Waals surface area contributed by atoms with E-state index in [-0.39, 0.29) is 0 Å². The van der Waals surface area contributed by atoms with Crippen LogP contribution in [0.5, 0.6) is 0 Å². The molecule has 2 heterocycles. The highest BCUT2D eigenvalue weighted by Gasteiger charge is 2.26. The van der Waals surface area contributed by atoms with Crippen LogP contribution >= 0.6 is 0 Å². The Labute approximate surface area is 170 Å². The first-order chi connectivity index (χ1) is 14.4. The van der Waals surface area contributed by atoms with E-state index in [0.29, 0.717) is 30.3 Å². The zero-order chi connectivity index (χ0) is 21.3. The average Bonchev–Trinajstić information content (AvgIpc) is 3.16. The average molecular weight is 406 g/mol. The Morgan fingerprint density at radius 1 is 0.967 bits per heavy atom. The largest absolute Gasteiger partial charge is 0.366 e. The molecule has 0 atom stereocenters. The number of hydrogen-bond donors (Lipinski definition) is 2. The lowest BCUT2D eigenvalue weighted by Crippen LogP contribution is -2.44. The number of aromatic nitrogens is 3. The number of benzene rings is 2. The van der Waals surface area contributed by atoms with E-state index >= 15 is 0 Å². The van der Waals surface area contributed by atoms with Gasteiger partial charge in [0.2, 0.25) is 17.8 Å². The molecule has 30 heavy (non-hydrogen) atoms. The molecule has 1 aliphatic rings. The smallest absolute Gasteiger partial charge is 0.333 e. The first kappa shape index (κ1) is 19.1. The fraction of sp³-hybridized carbons (Fsp3) is 0.150. The number of amides is 2. The molecule has 0 aliphatic carbocycles. The van der Waals surface area contributed by atoms with E-state index < -0.39 is 29.5 Å². The number of nitrogens with two attached hydrogens (primary N) is 1. The summed E-state index contributed by atoms with van der Waals surface area (Å²) < 4.78 is 2.18. The molecule has 4 rings (SSSR count). The monoisotopic (exact) mass is 406 g/mol. The number of rotatable bonds is 5.